The Bertz CT molecular complexity index is 1090. The molecule has 1 saturated carbocycles. The Balaban J connectivity index is 1.35. The zero-order chi connectivity index (χ0) is 23.0. The van der Waals surface area contributed by atoms with E-state index < -0.39 is 16.4 Å². The number of hydrogen-bond donors (Lipinski definition) is 2. The maximum Gasteiger partial charge on any atom is 0.201 e. The standard InChI is InChI=1S/C25H30F2N2O3S/c26-19-5-1-4-17(12-19)13-21-20-16-24(32-11-8-25(6-2-7-25)28-33(30)31)22(27)14-18(20)15-23(21)29-9-3-10-29/h1,4-5,12,14,16,21,23,33H,2-3,6-11,13,15H2,(H,28,30,31). The number of benzene rings is 2. The largest absolute Gasteiger partial charge is 0.490 e. The van der Waals surface area contributed by atoms with Crippen LogP contribution in [0.5, 0.6) is 5.75 Å². The van der Waals surface area contributed by atoms with Crippen LogP contribution in [-0.2, 0) is 23.7 Å². The van der Waals surface area contributed by atoms with Crippen LogP contribution in [-0.4, -0.2) is 44.6 Å². The summed E-state index contributed by atoms with van der Waals surface area (Å²) in [6, 6.07) is 10.4. The Morgan fingerprint density at radius 3 is 2.58 bits per heavy atom. The van der Waals surface area contributed by atoms with Gasteiger partial charge < -0.3 is 4.74 Å². The van der Waals surface area contributed by atoms with Gasteiger partial charge in [-0.25, -0.2) is 21.9 Å². The average Bonchev–Trinajstić information content (AvgIpc) is 3.01. The van der Waals surface area contributed by atoms with Gasteiger partial charge in [-0.2, -0.15) is 0 Å². The number of fused-ring (bicyclic) bond motifs is 1. The molecule has 2 atom stereocenters. The number of nitrogens with one attached hydrogen (secondary N) is 1. The second kappa shape index (κ2) is 9.31. The van der Waals surface area contributed by atoms with Gasteiger partial charge >= 0.3 is 0 Å². The van der Waals surface area contributed by atoms with Crippen molar-refractivity contribution in [2.24, 2.45) is 0 Å². The van der Waals surface area contributed by atoms with Crippen LogP contribution in [0.3, 0.4) is 0 Å². The van der Waals surface area contributed by atoms with Crippen molar-refractivity contribution in [1.29, 1.82) is 0 Å². The maximum absolute atomic E-state index is 14.9. The summed E-state index contributed by atoms with van der Waals surface area (Å²) in [7, 11) is -2.68. The van der Waals surface area contributed by atoms with Crippen molar-refractivity contribution in [3.8, 4) is 5.75 Å². The first kappa shape index (κ1) is 22.7. The monoisotopic (exact) mass is 476 g/mol. The molecule has 1 saturated heterocycles. The molecule has 0 amide bonds. The fourth-order valence-corrected chi connectivity index (χ4v) is 6.33. The summed E-state index contributed by atoms with van der Waals surface area (Å²) in [4.78, 5) is 2.44. The molecule has 2 unspecified atom stereocenters. The van der Waals surface area contributed by atoms with Crippen molar-refractivity contribution < 1.29 is 21.9 Å². The van der Waals surface area contributed by atoms with E-state index in [4.69, 9.17) is 4.74 Å². The van der Waals surface area contributed by atoms with E-state index in [-0.39, 0.29) is 36.0 Å². The zero-order valence-corrected chi connectivity index (χ0v) is 19.5. The van der Waals surface area contributed by atoms with Crippen LogP contribution in [0.15, 0.2) is 36.4 Å². The summed E-state index contributed by atoms with van der Waals surface area (Å²) in [5.74, 6) is -0.266. The van der Waals surface area contributed by atoms with E-state index in [9.17, 15) is 17.2 Å². The second-order valence-corrected chi connectivity index (χ2v) is 10.4. The summed E-state index contributed by atoms with van der Waals surface area (Å²) in [6.07, 6.45) is 5.70. The van der Waals surface area contributed by atoms with Crippen LogP contribution in [0, 0.1) is 11.6 Å². The Kier molecular flexibility index (Phi) is 6.42. The highest BCUT2D eigenvalue weighted by Crippen LogP contribution is 2.43. The summed E-state index contributed by atoms with van der Waals surface area (Å²) in [5.41, 5.74) is 2.56. The summed E-state index contributed by atoms with van der Waals surface area (Å²) < 4.78 is 59.5. The molecular formula is C25H30F2N2O3S. The summed E-state index contributed by atoms with van der Waals surface area (Å²) >= 11 is 0. The second-order valence-electron chi connectivity index (χ2n) is 9.68. The molecule has 33 heavy (non-hydrogen) atoms. The van der Waals surface area contributed by atoms with Gasteiger partial charge in [0.05, 0.1) is 6.61 Å². The Hall–Kier alpha value is -2.03. The molecule has 0 aromatic heterocycles. The van der Waals surface area contributed by atoms with Crippen LogP contribution in [0.2, 0.25) is 0 Å². The molecule has 5 nitrogen and oxygen atoms in total. The minimum absolute atomic E-state index is 0.147. The van der Waals surface area contributed by atoms with Crippen molar-refractivity contribution in [3.63, 3.8) is 0 Å². The molecule has 1 heterocycles. The number of nitrogens with zero attached hydrogens (tertiary/aromatic N) is 1. The molecule has 2 aromatic rings. The van der Waals surface area contributed by atoms with Gasteiger partial charge in [0.1, 0.15) is 5.82 Å². The Morgan fingerprint density at radius 1 is 1.12 bits per heavy atom. The zero-order valence-electron chi connectivity index (χ0n) is 18.6. The van der Waals surface area contributed by atoms with E-state index in [2.05, 4.69) is 9.62 Å². The lowest BCUT2D eigenvalue weighted by Gasteiger charge is -2.40. The Morgan fingerprint density at radius 2 is 1.94 bits per heavy atom. The minimum atomic E-state index is -2.68. The number of likely N-dealkylation sites (tertiary alicyclic amines) is 1. The maximum atomic E-state index is 14.9. The molecule has 0 radical (unpaired) electrons. The average molecular weight is 477 g/mol. The van der Waals surface area contributed by atoms with E-state index in [1.165, 1.54) is 12.5 Å². The predicted octanol–water partition coefficient (Wildman–Crippen LogP) is 3.73. The number of hydrogen-bond acceptors (Lipinski definition) is 4. The molecule has 0 spiro atoms. The highest BCUT2D eigenvalue weighted by Gasteiger charge is 2.40. The third-order valence-corrected chi connectivity index (χ3v) is 8.33. The molecule has 0 bridgehead atoms. The molecule has 8 heteroatoms. The lowest BCUT2D eigenvalue weighted by molar-refractivity contribution is 0.106. The fraction of sp³-hybridized carbons (Fsp3) is 0.520. The van der Waals surface area contributed by atoms with Crippen LogP contribution in [0.4, 0.5) is 8.78 Å². The van der Waals surface area contributed by atoms with E-state index in [1.54, 1.807) is 18.2 Å². The van der Waals surface area contributed by atoms with Gasteiger partial charge in [-0.1, -0.05) is 12.1 Å². The van der Waals surface area contributed by atoms with Gasteiger partial charge in [-0.3, -0.25) is 4.90 Å². The number of halogens is 2. The van der Waals surface area contributed by atoms with Crippen molar-refractivity contribution in [2.75, 3.05) is 19.7 Å². The predicted molar refractivity (Wildman–Crippen MR) is 123 cm³/mol. The smallest absolute Gasteiger partial charge is 0.201 e. The molecule has 2 aliphatic carbocycles. The summed E-state index contributed by atoms with van der Waals surface area (Å²) in [5, 5.41) is 0. The molecule has 1 aliphatic heterocycles. The third-order valence-electron chi connectivity index (χ3n) is 7.67. The molecule has 3 aliphatic rings. The quantitative estimate of drug-likeness (QED) is 0.542. The fourth-order valence-electron chi connectivity index (χ4n) is 5.61. The van der Waals surface area contributed by atoms with Gasteiger partial charge in [0, 0.05) is 23.9 Å². The summed E-state index contributed by atoms with van der Waals surface area (Å²) in [6.45, 7) is 2.33. The lowest BCUT2D eigenvalue weighted by atomic mass is 9.75. The lowest BCUT2D eigenvalue weighted by Crippen LogP contribution is -2.51. The van der Waals surface area contributed by atoms with Crippen LogP contribution in [0.25, 0.3) is 0 Å². The van der Waals surface area contributed by atoms with E-state index >= 15 is 0 Å². The SMILES string of the molecule is O=[SH](=O)NC1(CCOc2cc3c(cc2F)CC(N2CCC2)C3Cc2cccc(F)c2)CCC1. The van der Waals surface area contributed by atoms with E-state index in [1.807, 2.05) is 12.1 Å². The van der Waals surface area contributed by atoms with Crippen molar-refractivity contribution in [1.82, 2.24) is 9.62 Å². The van der Waals surface area contributed by atoms with Crippen molar-refractivity contribution >= 4 is 10.9 Å². The van der Waals surface area contributed by atoms with Gasteiger partial charge in [-0.05, 0) is 92.6 Å². The molecule has 1 N–H and O–H groups in total. The third kappa shape index (κ3) is 4.79. The first-order valence-electron chi connectivity index (χ1n) is 11.8. The van der Waals surface area contributed by atoms with Gasteiger partial charge in [0.25, 0.3) is 0 Å². The molecule has 2 aromatic carbocycles. The van der Waals surface area contributed by atoms with Crippen LogP contribution >= 0.6 is 0 Å². The Labute approximate surface area is 195 Å². The van der Waals surface area contributed by atoms with Gasteiger partial charge in [0.15, 0.2) is 11.6 Å². The first-order chi connectivity index (χ1) is 15.9. The molecule has 5 rings (SSSR count). The minimum Gasteiger partial charge on any atom is -0.490 e. The number of ether oxygens (including phenoxy) is 1. The van der Waals surface area contributed by atoms with Crippen molar-refractivity contribution in [2.45, 2.75) is 62.4 Å². The van der Waals surface area contributed by atoms with Gasteiger partial charge in [0.2, 0.25) is 10.9 Å². The number of rotatable bonds is 9. The molecule has 178 valence electrons. The normalized spacial score (nSPS) is 23.7. The highest BCUT2D eigenvalue weighted by molar-refractivity contribution is 7.70. The first-order valence-corrected chi connectivity index (χ1v) is 13.0. The highest BCUT2D eigenvalue weighted by atomic mass is 32.2. The molecular weight excluding hydrogens is 446 g/mol. The topological polar surface area (TPSA) is 58.6 Å². The molecule has 2 fully saturated rings. The van der Waals surface area contributed by atoms with Crippen LogP contribution < -0.4 is 9.46 Å². The van der Waals surface area contributed by atoms with E-state index in [0.29, 0.717) is 12.8 Å². The van der Waals surface area contributed by atoms with Gasteiger partial charge in [-0.15, -0.1) is 0 Å². The van der Waals surface area contributed by atoms with E-state index in [0.717, 1.165) is 55.5 Å². The van der Waals surface area contributed by atoms with Crippen molar-refractivity contribution in [3.05, 3.63) is 64.7 Å². The van der Waals surface area contributed by atoms with Crippen LogP contribution in [0.1, 0.15) is 54.7 Å². The number of thiol groups is 1.